The molecule has 0 amide bonds. The fourth-order valence-corrected chi connectivity index (χ4v) is 10.3. The van der Waals surface area contributed by atoms with Crippen LogP contribution in [-0.2, 0) is 0 Å². The van der Waals surface area contributed by atoms with Gasteiger partial charge in [-0.1, -0.05) is 133 Å². The van der Waals surface area contributed by atoms with Crippen molar-refractivity contribution in [2.45, 2.75) is 0 Å². The lowest BCUT2D eigenvalue weighted by atomic mass is 10.0. The molecule has 8 aromatic carbocycles. The lowest BCUT2D eigenvalue weighted by Crippen LogP contribution is -2.02. The predicted molar refractivity (Wildman–Crippen MR) is 232 cm³/mol. The number of hydrogen-bond acceptors (Lipinski definition) is 3. The highest BCUT2D eigenvalue weighted by molar-refractivity contribution is 7.26. The zero-order valence-electron chi connectivity index (χ0n) is 29.4. The van der Waals surface area contributed by atoms with Crippen LogP contribution in [0.1, 0.15) is 0 Å². The summed E-state index contributed by atoms with van der Waals surface area (Å²) < 4.78 is 7.23. The zero-order valence-corrected chi connectivity index (χ0v) is 30.2. The molecule has 254 valence electrons. The van der Waals surface area contributed by atoms with Crippen LogP contribution in [0.5, 0.6) is 0 Å². The van der Waals surface area contributed by atoms with Crippen LogP contribution in [0.4, 0.5) is 0 Å². The van der Waals surface area contributed by atoms with Crippen molar-refractivity contribution in [2.75, 3.05) is 0 Å². The predicted octanol–water partition coefficient (Wildman–Crippen LogP) is 13.6. The highest BCUT2D eigenvalue weighted by atomic mass is 32.1. The van der Waals surface area contributed by atoms with Gasteiger partial charge in [0.05, 0.1) is 37.8 Å². The van der Waals surface area contributed by atoms with E-state index in [9.17, 15) is 0 Å². The number of hydrogen-bond donors (Lipinski definition) is 0. The van der Waals surface area contributed by atoms with Crippen molar-refractivity contribution < 1.29 is 0 Å². The van der Waals surface area contributed by atoms with Crippen molar-refractivity contribution in [1.82, 2.24) is 18.9 Å². The van der Waals surface area contributed by atoms with Gasteiger partial charge in [0.15, 0.2) is 11.6 Å². The van der Waals surface area contributed by atoms with Crippen LogP contribution in [0.25, 0.3) is 119 Å². The Balaban J connectivity index is 1.23. The number of thiophene rings is 1. The summed E-state index contributed by atoms with van der Waals surface area (Å²) in [6.07, 6.45) is 0. The summed E-state index contributed by atoms with van der Waals surface area (Å²) in [6, 6.07) is 61.5. The Bertz CT molecular complexity index is 3700. The maximum absolute atomic E-state index is 5.62. The van der Waals surface area contributed by atoms with Gasteiger partial charge in [-0.15, -0.1) is 11.3 Å². The van der Waals surface area contributed by atoms with Crippen molar-refractivity contribution >= 4 is 102 Å². The van der Waals surface area contributed by atoms with Gasteiger partial charge in [0.2, 0.25) is 0 Å². The highest BCUT2D eigenvalue weighted by Gasteiger charge is 2.27. The standard InChI is InChI=1S/C50H28N4S/c1-2-12-29(13-3-1)30-22-24-31(25-23-30)49-51-45-36-18-8-11-21-43(36)55-48(45)50(52-49)54-42-27-33-15-5-4-14-32(33)26-37(42)39-28-38-34-16-6-9-19-40(34)53-41-20-10-7-17-35(41)44(46(38)53)47(39)54/h1-28H. The molecule has 0 fully saturated rings. The van der Waals surface area contributed by atoms with E-state index in [4.69, 9.17) is 9.97 Å². The number of aromatic nitrogens is 4. The topological polar surface area (TPSA) is 35.1 Å². The quantitative estimate of drug-likeness (QED) is 0.182. The Morgan fingerprint density at radius 3 is 1.85 bits per heavy atom. The van der Waals surface area contributed by atoms with Crippen LogP contribution in [0, 0.1) is 0 Å². The number of rotatable bonds is 3. The third-order valence-electron chi connectivity index (χ3n) is 11.6. The summed E-state index contributed by atoms with van der Waals surface area (Å²) >= 11 is 1.78. The van der Waals surface area contributed by atoms with E-state index in [2.05, 4.69) is 179 Å². The molecule has 5 heterocycles. The largest absolute Gasteiger partial charge is 0.308 e. The molecule has 13 rings (SSSR count). The molecule has 0 aliphatic heterocycles. The van der Waals surface area contributed by atoms with Crippen LogP contribution >= 0.6 is 11.3 Å². The Morgan fingerprint density at radius 2 is 1.04 bits per heavy atom. The molecule has 0 radical (unpaired) electrons. The maximum atomic E-state index is 5.62. The minimum atomic E-state index is 0.716. The third kappa shape index (κ3) is 3.94. The molecule has 0 atom stereocenters. The lowest BCUT2D eigenvalue weighted by molar-refractivity contribution is 1.09. The van der Waals surface area contributed by atoms with Crippen molar-refractivity contribution in [3.05, 3.63) is 170 Å². The van der Waals surface area contributed by atoms with Crippen molar-refractivity contribution in [3.8, 4) is 28.3 Å². The van der Waals surface area contributed by atoms with Gasteiger partial charge >= 0.3 is 0 Å². The van der Waals surface area contributed by atoms with Crippen molar-refractivity contribution in [1.29, 1.82) is 0 Å². The number of nitrogens with zero attached hydrogens (tertiary/aromatic N) is 4. The highest BCUT2D eigenvalue weighted by Crippen LogP contribution is 2.48. The Morgan fingerprint density at radius 1 is 0.418 bits per heavy atom. The number of para-hydroxylation sites is 2. The molecule has 0 aliphatic rings. The summed E-state index contributed by atoms with van der Waals surface area (Å²) in [5, 5.41) is 11.1. The average molecular weight is 717 g/mol. The van der Waals surface area contributed by atoms with Gasteiger partial charge in [0.1, 0.15) is 0 Å². The van der Waals surface area contributed by atoms with Crippen LogP contribution < -0.4 is 0 Å². The van der Waals surface area contributed by atoms with Gasteiger partial charge in [0.25, 0.3) is 0 Å². The van der Waals surface area contributed by atoms with E-state index in [-0.39, 0.29) is 0 Å². The molecule has 55 heavy (non-hydrogen) atoms. The molecule has 0 saturated heterocycles. The minimum absolute atomic E-state index is 0.716. The van der Waals surface area contributed by atoms with E-state index in [0.29, 0.717) is 5.82 Å². The molecule has 0 spiro atoms. The van der Waals surface area contributed by atoms with E-state index in [0.717, 1.165) is 32.5 Å². The van der Waals surface area contributed by atoms with Gasteiger partial charge in [-0.25, -0.2) is 9.97 Å². The Hall–Kier alpha value is -7.08. The summed E-state index contributed by atoms with van der Waals surface area (Å²) in [6.45, 7) is 0. The molecule has 0 bridgehead atoms. The van der Waals surface area contributed by atoms with Crippen LogP contribution in [0.2, 0.25) is 0 Å². The number of benzene rings is 8. The average Bonchev–Trinajstić information content (AvgIpc) is 3.98. The van der Waals surface area contributed by atoms with E-state index in [1.807, 2.05) is 0 Å². The SMILES string of the molecule is c1ccc(-c2ccc(-c3nc(-n4c5cc6ccccc6cc5c5cc6c7ccccc7n7c8ccccc8c(c54)c67)c4sc5ccccc5c4n3)cc2)cc1. The van der Waals surface area contributed by atoms with Gasteiger partial charge in [-0.3, -0.25) is 4.57 Å². The van der Waals surface area contributed by atoms with Gasteiger partial charge in [-0.05, 0) is 58.3 Å². The second kappa shape index (κ2) is 10.8. The lowest BCUT2D eigenvalue weighted by Gasteiger charge is -2.12. The van der Waals surface area contributed by atoms with Crippen molar-refractivity contribution in [3.63, 3.8) is 0 Å². The van der Waals surface area contributed by atoms with Crippen LogP contribution in [-0.4, -0.2) is 18.9 Å². The molecule has 5 heteroatoms. The molecule has 13 aromatic rings. The van der Waals surface area contributed by atoms with Gasteiger partial charge < -0.3 is 4.40 Å². The van der Waals surface area contributed by atoms with Crippen LogP contribution in [0.3, 0.4) is 0 Å². The Labute approximate surface area is 318 Å². The first-order chi connectivity index (χ1) is 27.3. The fraction of sp³-hybridized carbons (Fsp3) is 0. The first kappa shape index (κ1) is 29.4. The Kier molecular flexibility index (Phi) is 5.74. The molecule has 0 aliphatic carbocycles. The summed E-state index contributed by atoms with van der Waals surface area (Å²) in [7, 11) is 0. The molecular weight excluding hydrogens is 689 g/mol. The first-order valence-corrected chi connectivity index (χ1v) is 19.5. The molecule has 0 unspecified atom stereocenters. The normalized spacial score (nSPS) is 12.4. The monoisotopic (exact) mass is 716 g/mol. The molecular formula is C50H28N4S. The third-order valence-corrected chi connectivity index (χ3v) is 12.8. The molecule has 4 nitrogen and oxygen atoms in total. The van der Waals surface area contributed by atoms with Gasteiger partial charge in [0, 0.05) is 48.0 Å². The van der Waals surface area contributed by atoms with Crippen LogP contribution in [0.15, 0.2) is 170 Å². The molecule has 0 saturated carbocycles. The molecule has 0 N–H and O–H groups in total. The first-order valence-electron chi connectivity index (χ1n) is 18.7. The zero-order chi connectivity index (χ0) is 35.8. The van der Waals surface area contributed by atoms with E-state index >= 15 is 0 Å². The smallest absolute Gasteiger partial charge is 0.162 e. The summed E-state index contributed by atoms with van der Waals surface area (Å²) in [4.78, 5) is 11.0. The summed E-state index contributed by atoms with van der Waals surface area (Å²) in [5.74, 6) is 1.62. The summed E-state index contributed by atoms with van der Waals surface area (Å²) in [5.41, 5.74) is 10.3. The molecule has 5 aromatic heterocycles. The van der Waals surface area contributed by atoms with E-state index in [1.54, 1.807) is 11.3 Å². The number of fused-ring (bicyclic) bond motifs is 14. The van der Waals surface area contributed by atoms with E-state index < -0.39 is 0 Å². The second-order valence-corrected chi connectivity index (χ2v) is 15.6. The fourth-order valence-electron chi connectivity index (χ4n) is 9.21. The van der Waals surface area contributed by atoms with E-state index in [1.165, 1.54) is 81.0 Å². The minimum Gasteiger partial charge on any atom is -0.308 e. The van der Waals surface area contributed by atoms with Gasteiger partial charge in [-0.2, -0.15) is 0 Å². The second-order valence-electron chi connectivity index (χ2n) is 14.6. The maximum Gasteiger partial charge on any atom is 0.162 e. The van der Waals surface area contributed by atoms with Crippen molar-refractivity contribution in [2.24, 2.45) is 0 Å².